The number of rotatable bonds is 4. The van der Waals surface area contributed by atoms with Crippen molar-refractivity contribution in [3.05, 3.63) is 36.1 Å². The average molecular weight is 315 g/mol. The van der Waals surface area contributed by atoms with E-state index in [1.54, 1.807) is 0 Å². The van der Waals surface area contributed by atoms with Gasteiger partial charge in [0.05, 0.1) is 6.10 Å². The molecule has 0 atom stereocenters. The molecular weight excluding hydrogens is 290 g/mol. The number of fused-ring (bicyclic) bond motifs is 1. The Morgan fingerprint density at radius 3 is 2.87 bits per heavy atom. The first kappa shape index (κ1) is 15.9. The Morgan fingerprint density at radius 2 is 2.13 bits per heavy atom. The van der Waals surface area contributed by atoms with Crippen LogP contribution in [0.5, 0.6) is 0 Å². The number of para-hydroxylation sites is 1. The van der Waals surface area contributed by atoms with Crippen molar-refractivity contribution in [2.24, 2.45) is 4.99 Å². The number of aliphatic hydroxyl groups is 1. The lowest BCUT2D eigenvalue weighted by Gasteiger charge is -2.32. The molecular formula is C18H25N3O2. The number of hydrogen-bond donors (Lipinski definition) is 2. The molecule has 1 aliphatic heterocycles. The normalized spacial score (nSPS) is 17.0. The number of nitrogens with zero attached hydrogens (tertiary/aromatic N) is 2. The van der Waals surface area contributed by atoms with Crippen LogP contribution in [0.4, 0.5) is 0 Å². The summed E-state index contributed by atoms with van der Waals surface area (Å²) in [4.78, 5) is 6.95. The quantitative estimate of drug-likeness (QED) is 0.672. The molecule has 5 nitrogen and oxygen atoms in total. The Bertz CT molecular complexity index is 624. The number of piperidine rings is 1. The molecule has 2 aromatic rings. The second kappa shape index (κ2) is 7.51. The van der Waals surface area contributed by atoms with Crippen molar-refractivity contribution in [3.8, 4) is 0 Å². The Balaban J connectivity index is 1.61. The third kappa shape index (κ3) is 4.05. The van der Waals surface area contributed by atoms with E-state index in [0.29, 0.717) is 6.54 Å². The minimum atomic E-state index is -0.162. The van der Waals surface area contributed by atoms with E-state index in [4.69, 9.17) is 9.41 Å². The predicted molar refractivity (Wildman–Crippen MR) is 92.7 cm³/mol. The molecule has 0 spiro atoms. The molecule has 2 N–H and O–H groups in total. The lowest BCUT2D eigenvalue weighted by molar-refractivity contribution is 0.108. The second-order valence-corrected chi connectivity index (χ2v) is 5.95. The summed E-state index contributed by atoms with van der Waals surface area (Å²) in [5.41, 5.74) is 0.934. The van der Waals surface area contributed by atoms with Crippen molar-refractivity contribution in [2.45, 2.75) is 32.3 Å². The summed E-state index contributed by atoms with van der Waals surface area (Å²) in [6.07, 6.45) is 2.26. The molecule has 0 unspecified atom stereocenters. The summed E-state index contributed by atoms with van der Waals surface area (Å²) in [5, 5.41) is 14.1. The highest BCUT2D eigenvalue weighted by Crippen LogP contribution is 2.19. The summed E-state index contributed by atoms with van der Waals surface area (Å²) < 4.78 is 5.83. The molecule has 23 heavy (non-hydrogen) atoms. The van der Waals surface area contributed by atoms with Gasteiger partial charge in [0.15, 0.2) is 5.96 Å². The van der Waals surface area contributed by atoms with Crippen molar-refractivity contribution in [1.82, 2.24) is 10.2 Å². The van der Waals surface area contributed by atoms with Gasteiger partial charge < -0.3 is 19.7 Å². The topological polar surface area (TPSA) is 61.0 Å². The zero-order chi connectivity index (χ0) is 16.1. The molecule has 0 aliphatic carbocycles. The minimum absolute atomic E-state index is 0.162. The third-order valence-corrected chi connectivity index (χ3v) is 4.20. The molecule has 124 valence electrons. The molecule has 2 heterocycles. The minimum Gasteiger partial charge on any atom is -0.461 e. The molecule has 1 aliphatic rings. The highest BCUT2D eigenvalue weighted by atomic mass is 16.3. The van der Waals surface area contributed by atoms with E-state index in [1.165, 1.54) is 0 Å². The van der Waals surface area contributed by atoms with E-state index in [9.17, 15) is 5.11 Å². The first-order valence-electron chi connectivity index (χ1n) is 8.45. The maximum absolute atomic E-state index is 9.63. The summed E-state index contributed by atoms with van der Waals surface area (Å²) >= 11 is 0. The molecule has 0 saturated carbocycles. The number of guanidine groups is 1. The van der Waals surface area contributed by atoms with Gasteiger partial charge in [0.2, 0.25) is 0 Å². The standard InChI is InChI=1S/C18H25N3O2/c1-2-19-18(21-11-8-15(22)9-12-21)20-10-7-16-13-14-5-3-4-6-17(14)23-16/h3-6,13,15,22H,2,7-12H2,1H3,(H,19,20). The third-order valence-electron chi connectivity index (χ3n) is 4.20. The number of hydrogen-bond acceptors (Lipinski definition) is 3. The summed E-state index contributed by atoms with van der Waals surface area (Å²) in [6.45, 7) is 5.34. The van der Waals surface area contributed by atoms with Crippen molar-refractivity contribution in [3.63, 3.8) is 0 Å². The highest BCUT2D eigenvalue weighted by molar-refractivity contribution is 5.80. The number of aliphatic hydroxyl groups excluding tert-OH is 1. The van der Waals surface area contributed by atoms with Crippen LogP contribution in [0.15, 0.2) is 39.7 Å². The summed E-state index contributed by atoms with van der Waals surface area (Å²) in [5.74, 6) is 1.91. The fraction of sp³-hybridized carbons (Fsp3) is 0.500. The predicted octanol–water partition coefficient (Wildman–Crippen LogP) is 2.40. The Kier molecular flexibility index (Phi) is 5.18. The van der Waals surface area contributed by atoms with E-state index >= 15 is 0 Å². The number of likely N-dealkylation sites (tertiary alicyclic amines) is 1. The fourth-order valence-electron chi connectivity index (χ4n) is 2.94. The van der Waals surface area contributed by atoms with Crippen LogP contribution >= 0.6 is 0 Å². The van der Waals surface area contributed by atoms with E-state index in [1.807, 2.05) is 18.2 Å². The molecule has 1 aromatic carbocycles. The van der Waals surface area contributed by atoms with Crippen LogP contribution in [0, 0.1) is 0 Å². The van der Waals surface area contributed by atoms with E-state index in [-0.39, 0.29) is 6.10 Å². The van der Waals surface area contributed by atoms with Gasteiger partial charge in [-0.2, -0.15) is 0 Å². The number of benzene rings is 1. The largest absolute Gasteiger partial charge is 0.461 e. The van der Waals surface area contributed by atoms with Gasteiger partial charge in [-0.3, -0.25) is 4.99 Å². The second-order valence-electron chi connectivity index (χ2n) is 5.95. The fourth-order valence-corrected chi connectivity index (χ4v) is 2.94. The summed E-state index contributed by atoms with van der Waals surface area (Å²) in [7, 11) is 0. The van der Waals surface area contributed by atoms with Crippen molar-refractivity contribution in [1.29, 1.82) is 0 Å². The maximum Gasteiger partial charge on any atom is 0.193 e. The van der Waals surface area contributed by atoms with Crippen molar-refractivity contribution >= 4 is 16.9 Å². The van der Waals surface area contributed by atoms with Crippen LogP contribution < -0.4 is 5.32 Å². The first-order valence-corrected chi connectivity index (χ1v) is 8.45. The van der Waals surface area contributed by atoms with Gasteiger partial charge in [0, 0.05) is 38.0 Å². The lowest BCUT2D eigenvalue weighted by atomic mass is 10.1. The lowest BCUT2D eigenvalue weighted by Crippen LogP contribution is -2.46. The van der Waals surface area contributed by atoms with Crippen LogP contribution in [0.3, 0.4) is 0 Å². The molecule has 0 amide bonds. The van der Waals surface area contributed by atoms with Gasteiger partial charge in [0.25, 0.3) is 0 Å². The number of aliphatic imine (C=N–C) groups is 1. The van der Waals surface area contributed by atoms with E-state index in [2.05, 4.69) is 29.3 Å². The molecule has 0 bridgehead atoms. The number of nitrogens with one attached hydrogen (secondary N) is 1. The zero-order valence-corrected chi connectivity index (χ0v) is 13.7. The van der Waals surface area contributed by atoms with Crippen molar-refractivity contribution in [2.75, 3.05) is 26.2 Å². The highest BCUT2D eigenvalue weighted by Gasteiger charge is 2.19. The Hall–Kier alpha value is -2.01. The molecule has 1 saturated heterocycles. The van der Waals surface area contributed by atoms with Gasteiger partial charge in [-0.05, 0) is 31.9 Å². The molecule has 0 radical (unpaired) electrons. The van der Waals surface area contributed by atoms with Gasteiger partial charge in [-0.15, -0.1) is 0 Å². The van der Waals surface area contributed by atoms with Gasteiger partial charge in [-0.1, -0.05) is 18.2 Å². The smallest absolute Gasteiger partial charge is 0.193 e. The van der Waals surface area contributed by atoms with Crippen LogP contribution in [0.2, 0.25) is 0 Å². The SMILES string of the molecule is CCNC(=NCCc1cc2ccccc2o1)N1CCC(O)CC1. The van der Waals surface area contributed by atoms with E-state index < -0.39 is 0 Å². The molecule has 1 aromatic heterocycles. The Labute approximate surface area is 137 Å². The molecule has 5 heteroatoms. The number of furan rings is 1. The van der Waals surface area contributed by atoms with Crippen LogP contribution in [0.1, 0.15) is 25.5 Å². The van der Waals surface area contributed by atoms with Gasteiger partial charge in [-0.25, -0.2) is 0 Å². The summed E-state index contributed by atoms with van der Waals surface area (Å²) in [6, 6.07) is 10.2. The monoisotopic (exact) mass is 315 g/mol. The molecule has 3 rings (SSSR count). The van der Waals surface area contributed by atoms with Gasteiger partial charge >= 0.3 is 0 Å². The average Bonchev–Trinajstić information content (AvgIpc) is 2.97. The van der Waals surface area contributed by atoms with Crippen LogP contribution in [-0.2, 0) is 6.42 Å². The first-order chi connectivity index (χ1) is 11.3. The Morgan fingerprint density at radius 1 is 1.35 bits per heavy atom. The van der Waals surface area contributed by atoms with Crippen LogP contribution in [-0.4, -0.2) is 48.2 Å². The van der Waals surface area contributed by atoms with E-state index in [0.717, 1.165) is 61.6 Å². The molecule has 1 fully saturated rings. The van der Waals surface area contributed by atoms with Crippen molar-refractivity contribution < 1.29 is 9.52 Å². The van der Waals surface area contributed by atoms with Crippen LogP contribution in [0.25, 0.3) is 11.0 Å². The zero-order valence-electron chi connectivity index (χ0n) is 13.7. The maximum atomic E-state index is 9.63. The van der Waals surface area contributed by atoms with Gasteiger partial charge in [0.1, 0.15) is 11.3 Å².